The molecule has 2 aromatic carbocycles. The van der Waals surface area contributed by atoms with Crippen molar-refractivity contribution < 1.29 is 4.79 Å². The van der Waals surface area contributed by atoms with E-state index in [2.05, 4.69) is 5.32 Å². The molecule has 0 fully saturated rings. The summed E-state index contributed by atoms with van der Waals surface area (Å²) in [7, 11) is 0. The molecule has 0 saturated heterocycles. The van der Waals surface area contributed by atoms with Crippen molar-refractivity contribution in [2.45, 2.75) is 13.8 Å². The first kappa shape index (κ1) is 13.9. The summed E-state index contributed by atoms with van der Waals surface area (Å²) in [5.41, 5.74) is 3.10. The lowest BCUT2D eigenvalue weighted by atomic mass is 10.1. The minimum atomic E-state index is -0.207. The Balaban J connectivity index is 2.20. The summed E-state index contributed by atoms with van der Waals surface area (Å²) in [6.07, 6.45) is 0. The van der Waals surface area contributed by atoms with Crippen LogP contribution in [0.15, 0.2) is 36.4 Å². The van der Waals surface area contributed by atoms with Crippen LogP contribution in [0.5, 0.6) is 0 Å². The Morgan fingerprint density at radius 1 is 0.947 bits per heavy atom. The molecule has 2 rings (SSSR count). The molecular formula is C15H13Cl2NO. The third-order valence-electron chi connectivity index (χ3n) is 2.86. The predicted molar refractivity (Wildman–Crippen MR) is 80.3 cm³/mol. The van der Waals surface area contributed by atoms with E-state index in [1.54, 1.807) is 18.2 Å². The van der Waals surface area contributed by atoms with Crippen LogP contribution in [0.25, 0.3) is 0 Å². The number of carbonyl (C=O) groups excluding carboxylic acids is 1. The number of aryl methyl sites for hydroxylation is 2. The zero-order valence-electron chi connectivity index (χ0n) is 10.6. The van der Waals surface area contributed by atoms with Gasteiger partial charge in [0.1, 0.15) is 0 Å². The van der Waals surface area contributed by atoms with E-state index >= 15 is 0 Å². The van der Waals surface area contributed by atoms with Gasteiger partial charge >= 0.3 is 0 Å². The highest BCUT2D eigenvalue weighted by Gasteiger charge is 2.08. The summed E-state index contributed by atoms with van der Waals surface area (Å²) in [6, 6.07) is 10.6. The first-order chi connectivity index (χ1) is 8.97. The molecule has 0 unspecified atom stereocenters. The Hall–Kier alpha value is -1.51. The Labute approximate surface area is 122 Å². The monoisotopic (exact) mass is 293 g/mol. The van der Waals surface area contributed by atoms with Gasteiger partial charge in [-0.3, -0.25) is 4.79 Å². The molecule has 98 valence electrons. The van der Waals surface area contributed by atoms with Crippen molar-refractivity contribution in [3.05, 3.63) is 63.1 Å². The SMILES string of the molecule is Cc1ccc(NC(=O)c2ccc(C)c(Cl)c2)cc1Cl. The van der Waals surface area contributed by atoms with Crippen LogP contribution in [-0.4, -0.2) is 5.91 Å². The molecule has 2 aromatic rings. The fourth-order valence-corrected chi connectivity index (χ4v) is 1.97. The number of halogens is 2. The molecule has 19 heavy (non-hydrogen) atoms. The number of nitrogens with one attached hydrogen (secondary N) is 1. The van der Waals surface area contributed by atoms with Crippen LogP contribution in [-0.2, 0) is 0 Å². The van der Waals surface area contributed by atoms with Crippen molar-refractivity contribution in [1.82, 2.24) is 0 Å². The van der Waals surface area contributed by atoms with E-state index in [1.165, 1.54) is 0 Å². The lowest BCUT2D eigenvalue weighted by Crippen LogP contribution is -2.11. The van der Waals surface area contributed by atoms with Crippen LogP contribution in [0.3, 0.4) is 0 Å². The molecule has 0 heterocycles. The van der Waals surface area contributed by atoms with Gasteiger partial charge in [-0.2, -0.15) is 0 Å². The van der Waals surface area contributed by atoms with Crippen LogP contribution in [0.4, 0.5) is 5.69 Å². The summed E-state index contributed by atoms with van der Waals surface area (Å²) in [5.74, 6) is -0.207. The van der Waals surface area contributed by atoms with E-state index in [9.17, 15) is 4.79 Å². The van der Waals surface area contributed by atoms with Crippen LogP contribution in [0.2, 0.25) is 10.0 Å². The molecule has 0 bridgehead atoms. The summed E-state index contributed by atoms with van der Waals surface area (Å²) in [6.45, 7) is 3.80. The zero-order chi connectivity index (χ0) is 14.0. The van der Waals surface area contributed by atoms with Crippen molar-refractivity contribution in [2.75, 3.05) is 5.32 Å². The molecule has 0 aliphatic heterocycles. The maximum absolute atomic E-state index is 12.1. The van der Waals surface area contributed by atoms with E-state index in [0.29, 0.717) is 21.3 Å². The minimum Gasteiger partial charge on any atom is -0.322 e. The highest BCUT2D eigenvalue weighted by atomic mass is 35.5. The average molecular weight is 294 g/mol. The second kappa shape index (κ2) is 5.64. The van der Waals surface area contributed by atoms with Crippen molar-refractivity contribution in [1.29, 1.82) is 0 Å². The topological polar surface area (TPSA) is 29.1 Å². The summed E-state index contributed by atoms with van der Waals surface area (Å²) in [5, 5.41) is 3.99. The molecule has 0 aliphatic carbocycles. The smallest absolute Gasteiger partial charge is 0.255 e. The molecule has 0 aliphatic rings. The summed E-state index contributed by atoms with van der Waals surface area (Å²) in [4.78, 5) is 12.1. The largest absolute Gasteiger partial charge is 0.322 e. The predicted octanol–water partition coefficient (Wildman–Crippen LogP) is 4.86. The first-order valence-electron chi connectivity index (χ1n) is 5.81. The number of hydrogen-bond acceptors (Lipinski definition) is 1. The number of benzene rings is 2. The second-order valence-electron chi connectivity index (χ2n) is 4.38. The fourth-order valence-electron chi connectivity index (χ4n) is 1.61. The highest BCUT2D eigenvalue weighted by molar-refractivity contribution is 6.32. The van der Waals surface area contributed by atoms with E-state index in [-0.39, 0.29) is 5.91 Å². The molecule has 0 spiro atoms. The molecular weight excluding hydrogens is 281 g/mol. The third-order valence-corrected chi connectivity index (χ3v) is 3.68. The van der Waals surface area contributed by atoms with Gasteiger partial charge in [-0.05, 0) is 49.2 Å². The quantitative estimate of drug-likeness (QED) is 0.841. The first-order valence-corrected chi connectivity index (χ1v) is 6.56. The number of anilines is 1. The Kier molecular flexibility index (Phi) is 4.13. The van der Waals surface area contributed by atoms with Gasteiger partial charge in [-0.15, -0.1) is 0 Å². The van der Waals surface area contributed by atoms with Gasteiger partial charge in [0.25, 0.3) is 5.91 Å². The lowest BCUT2D eigenvalue weighted by Gasteiger charge is -2.08. The van der Waals surface area contributed by atoms with E-state index in [1.807, 2.05) is 32.0 Å². The number of hydrogen-bond donors (Lipinski definition) is 1. The van der Waals surface area contributed by atoms with Gasteiger partial charge in [0, 0.05) is 21.3 Å². The van der Waals surface area contributed by atoms with Gasteiger partial charge < -0.3 is 5.32 Å². The third kappa shape index (κ3) is 3.28. The number of carbonyl (C=O) groups is 1. The van der Waals surface area contributed by atoms with Crippen LogP contribution < -0.4 is 5.32 Å². The van der Waals surface area contributed by atoms with Crippen molar-refractivity contribution in [3.8, 4) is 0 Å². The van der Waals surface area contributed by atoms with Crippen LogP contribution >= 0.6 is 23.2 Å². The van der Waals surface area contributed by atoms with E-state index < -0.39 is 0 Å². The molecule has 0 atom stereocenters. The Morgan fingerprint density at radius 2 is 1.53 bits per heavy atom. The maximum Gasteiger partial charge on any atom is 0.255 e. The molecule has 1 N–H and O–H groups in total. The summed E-state index contributed by atoms with van der Waals surface area (Å²) < 4.78 is 0. The van der Waals surface area contributed by atoms with Crippen molar-refractivity contribution in [2.24, 2.45) is 0 Å². The standard InChI is InChI=1S/C15H13Cl2NO/c1-9-3-5-11(7-13(9)16)15(19)18-12-6-4-10(2)14(17)8-12/h3-8H,1-2H3,(H,18,19). The van der Waals surface area contributed by atoms with Crippen molar-refractivity contribution >= 4 is 34.8 Å². The number of amides is 1. The summed E-state index contributed by atoms with van der Waals surface area (Å²) >= 11 is 12.0. The Bertz CT molecular complexity index is 638. The second-order valence-corrected chi connectivity index (χ2v) is 5.20. The Morgan fingerprint density at radius 3 is 2.11 bits per heavy atom. The lowest BCUT2D eigenvalue weighted by molar-refractivity contribution is 0.102. The van der Waals surface area contributed by atoms with Crippen molar-refractivity contribution in [3.63, 3.8) is 0 Å². The minimum absolute atomic E-state index is 0.207. The molecule has 0 radical (unpaired) electrons. The maximum atomic E-state index is 12.1. The molecule has 2 nitrogen and oxygen atoms in total. The number of rotatable bonds is 2. The molecule has 1 amide bonds. The average Bonchev–Trinajstić information content (AvgIpc) is 2.37. The van der Waals surface area contributed by atoms with Gasteiger partial charge in [0.05, 0.1) is 0 Å². The molecule has 0 aromatic heterocycles. The van der Waals surface area contributed by atoms with E-state index in [0.717, 1.165) is 11.1 Å². The van der Waals surface area contributed by atoms with Crippen LogP contribution in [0.1, 0.15) is 21.5 Å². The molecule has 0 saturated carbocycles. The molecule has 4 heteroatoms. The van der Waals surface area contributed by atoms with Gasteiger partial charge in [0.2, 0.25) is 0 Å². The van der Waals surface area contributed by atoms with Gasteiger partial charge in [0.15, 0.2) is 0 Å². The van der Waals surface area contributed by atoms with E-state index in [4.69, 9.17) is 23.2 Å². The highest BCUT2D eigenvalue weighted by Crippen LogP contribution is 2.21. The zero-order valence-corrected chi connectivity index (χ0v) is 12.1. The van der Waals surface area contributed by atoms with Gasteiger partial charge in [-0.25, -0.2) is 0 Å². The normalized spacial score (nSPS) is 10.3. The van der Waals surface area contributed by atoms with Gasteiger partial charge in [-0.1, -0.05) is 35.3 Å². The van der Waals surface area contributed by atoms with Crippen LogP contribution in [0, 0.1) is 13.8 Å². The fraction of sp³-hybridized carbons (Fsp3) is 0.133.